The Balaban J connectivity index is 2.71. The van der Waals surface area contributed by atoms with Gasteiger partial charge in [0.1, 0.15) is 5.82 Å². The van der Waals surface area contributed by atoms with E-state index in [1.165, 1.54) is 0 Å². The van der Waals surface area contributed by atoms with Crippen LogP contribution in [-0.2, 0) is 11.2 Å². The summed E-state index contributed by atoms with van der Waals surface area (Å²) in [5.74, 6) is 0.0558. The Morgan fingerprint density at radius 1 is 1.15 bits per heavy atom. The lowest BCUT2D eigenvalue weighted by molar-refractivity contribution is -0.118. The molecule has 1 rings (SSSR count). The van der Waals surface area contributed by atoms with Gasteiger partial charge in [-0.2, -0.15) is 15.0 Å². The molecular weight excluding hydrogens is 172 g/mol. The number of nitrogens with zero attached hydrogens (tertiary/aromatic N) is 3. The Morgan fingerprint density at radius 3 is 2.15 bits per heavy atom. The monoisotopic (exact) mass is 182 g/mol. The number of hydrogen-bond acceptors (Lipinski definition) is 6. The number of hydrogen-bond donors (Lipinski definition) is 3. The zero-order valence-corrected chi connectivity index (χ0v) is 6.90. The Labute approximate surface area is 74.4 Å². The Morgan fingerprint density at radius 2 is 1.69 bits per heavy atom. The maximum absolute atomic E-state index is 10.4. The van der Waals surface area contributed by atoms with Gasteiger partial charge in [-0.25, -0.2) is 0 Å². The lowest BCUT2D eigenvalue weighted by Gasteiger charge is -1.99. The first-order valence-electron chi connectivity index (χ1n) is 3.62. The van der Waals surface area contributed by atoms with E-state index in [9.17, 15) is 4.79 Å². The number of nitrogens with two attached hydrogens (primary N) is 3. The van der Waals surface area contributed by atoms with Crippen LogP contribution in [0.25, 0.3) is 0 Å². The number of aryl methyl sites for hydroxylation is 1. The van der Waals surface area contributed by atoms with Crippen molar-refractivity contribution in [1.82, 2.24) is 15.0 Å². The molecule has 0 unspecified atom stereocenters. The van der Waals surface area contributed by atoms with Gasteiger partial charge in [-0.15, -0.1) is 0 Å². The van der Waals surface area contributed by atoms with Crippen LogP contribution in [-0.4, -0.2) is 20.9 Å². The molecule has 0 bridgehead atoms. The van der Waals surface area contributed by atoms with Gasteiger partial charge in [-0.05, 0) is 0 Å². The fraction of sp³-hybridized carbons (Fsp3) is 0.333. The molecule has 0 saturated carbocycles. The van der Waals surface area contributed by atoms with E-state index in [2.05, 4.69) is 15.0 Å². The largest absolute Gasteiger partial charge is 0.370 e. The summed E-state index contributed by atoms with van der Waals surface area (Å²) in [6, 6.07) is 0. The van der Waals surface area contributed by atoms with Crippen molar-refractivity contribution in [3.63, 3.8) is 0 Å². The van der Waals surface area contributed by atoms with Crippen molar-refractivity contribution in [3.8, 4) is 0 Å². The third-order valence-electron chi connectivity index (χ3n) is 1.31. The Kier molecular flexibility index (Phi) is 2.58. The predicted molar refractivity (Wildman–Crippen MR) is 46.2 cm³/mol. The molecule has 1 aromatic heterocycles. The van der Waals surface area contributed by atoms with E-state index in [0.717, 1.165) is 0 Å². The molecule has 1 heterocycles. The van der Waals surface area contributed by atoms with Crippen molar-refractivity contribution < 1.29 is 4.79 Å². The summed E-state index contributed by atoms with van der Waals surface area (Å²) < 4.78 is 0. The van der Waals surface area contributed by atoms with E-state index in [4.69, 9.17) is 17.2 Å². The number of carbonyl (C=O) groups excluding carboxylic acids is 1. The zero-order valence-electron chi connectivity index (χ0n) is 6.90. The number of nitrogen functional groups attached to an aromatic ring is 2. The van der Waals surface area contributed by atoms with Gasteiger partial charge < -0.3 is 17.2 Å². The van der Waals surface area contributed by atoms with Crippen LogP contribution in [0.15, 0.2) is 0 Å². The Bertz CT molecular complexity index is 305. The average molecular weight is 182 g/mol. The van der Waals surface area contributed by atoms with Gasteiger partial charge in [0.25, 0.3) is 0 Å². The Hall–Kier alpha value is -1.92. The van der Waals surface area contributed by atoms with E-state index in [1.54, 1.807) is 0 Å². The summed E-state index contributed by atoms with van der Waals surface area (Å²) >= 11 is 0. The number of rotatable bonds is 3. The van der Waals surface area contributed by atoms with Crippen LogP contribution >= 0.6 is 0 Å². The molecule has 0 aromatic carbocycles. The highest BCUT2D eigenvalue weighted by molar-refractivity contribution is 5.73. The summed E-state index contributed by atoms with van der Waals surface area (Å²) in [5.41, 5.74) is 15.6. The summed E-state index contributed by atoms with van der Waals surface area (Å²) in [4.78, 5) is 21.6. The van der Waals surface area contributed by atoms with Gasteiger partial charge in [0, 0.05) is 12.8 Å². The molecule has 0 aliphatic carbocycles. The van der Waals surface area contributed by atoms with Gasteiger partial charge in [0.2, 0.25) is 17.8 Å². The van der Waals surface area contributed by atoms with Crippen molar-refractivity contribution in [1.29, 1.82) is 0 Å². The molecule has 0 spiro atoms. The van der Waals surface area contributed by atoms with Crippen LogP contribution < -0.4 is 17.2 Å². The maximum atomic E-state index is 10.4. The summed E-state index contributed by atoms with van der Waals surface area (Å²) in [6.45, 7) is 0. The van der Waals surface area contributed by atoms with Crippen LogP contribution in [0.5, 0.6) is 0 Å². The predicted octanol–water partition coefficient (Wildman–Crippen LogP) is -1.55. The first kappa shape index (κ1) is 9.17. The van der Waals surface area contributed by atoms with E-state index in [0.29, 0.717) is 12.2 Å². The number of primary amides is 1. The van der Waals surface area contributed by atoms with E-state index in [1.807, 2.05) is 0 Å². The SMILES string of the molecule is NC(=O)CCc1nc(N)nc(N)n1. The highest BCUT2D eigenvalue weighted by atomic mass is 16.1. The molecule has 0 fully saturated rings. The second-order valence-corrected chi connectivity index (χ2v) is 2.43. The molecule has 0 aliphatic rings. The quantitative estimate of drug-likeness (QED) is 0.518. The minimum Gasteiger partial charge on any atom is -0.370 e. The van der Waals surface area contributed by atoms with Crippen molar-refractivity contribution in [3.05, 3.63) is 5.82 Å². The lowest BCUT2D eigenvalue weighted by Crippen LogP contribution is -2.13. The molecular formula is C6H10N6O. The smallest absolute Gasteiger partial charge is 0.225 e. The molecule has 70 valence electrons. The zero-order chi connectivity index (χ0) is 9.84. The third-order valence-corrected chi connectivity index (χ3v) is 1.31. The molecule has 0 radical (unpaired) electrons. The second-order valence-electron chi connectivity index (χ2n) is 2.43. The third kappa shape index (κ3) is 2.89. The van der Waals surface area contributed by atoms with Gasteiger partial charge in [0.15, 0.2) is 0 Å². The van der Waals surface area contributed by atoms with Crippen LogP contribution in [0, 0.1) is 0 Å². The van der Waals surface area contributed by atoms with Crippen molar-refractivity contribution in [2.75, 3.05) is 11.5 Å². The summed E-state index contributed by atoms with van der Waals surface area (Å²) in [5, 5.41) is 0. The average Bonchev–Trinajstić information content (AvgIpc) is 1.99. The summed E-state index contributed by atoms with van der Waals surface area (Å²) in [6.07, 6.45) is 0.495. The topological polar surface area (TPSA) is 134 Å². The van der Waals surface area contributed by atoms with E-state index >= 15 is 0 Å². The molecule has 7 heteroatoms. The molecule has 7 nitrogen and oxygen atoms in total. The summed E-state index contributed by atoms with van der Waals surface area (Å²) in [7, 11) is 0. The number of amides is 1. The minimum absolute atomic E-state index is 0.0481. The number of anilines is 2. The van der Waals surface area contributed by atoms with Gasteiger partial charge >= 0.3 is 0 Å². The molecule has 13 heavy (non-hydrogen) atoms. The van der Waals surface area contributed by atoms with Crippen LogP contribution in [0.1, 0.15) is 12.2 Å². The van der Waals surface area contributed by atoms with Gasteiger partial charge in [-0.3, -0.25) is 4.79 Å². The molecule has 6 N–H and O–H groups in total. The number of aromatic nitrogens is 3. The molecule has 1 aromatic rings. The van der Waals surface area contributed by atoms with Crippen LogP contribution in [0.4, 0.5) is 11.9 Å². The van der Waals surface area contributed by atoms with Crippen molar-refractivity contribution in [2.24, 2.45) is 5.73 Å². The highest BCUT2D eigenvalue weighted by Crippen LogP contribution is 2.00. The standard InChI is InChI=1S/C6H10N6O/c7-3(13)1-2-4-10-5(8)12-6(9)11-4/h1-2H2,(H2,7,13)(H4,8,9,10,11,12). The first-order valence-corrected chi connectivity index (χ1v) is 3.62. The van der Waals surface area contributed by atoms with Crippen molar-refractivity contribution in [2.45, 2.75) is 12.8 Å². The normalized spacial score (nSPS) is 9.85. The fourth-order valence-electron chi connectivity index (χ4n) is 0.804. The highest BCUT2D eigenvalue weighted by Gasteiger charge is 2.03. The minimum atomic E-state index is -0.419. The van der Waals surface area contributed by atoms with Crippen LogP contribution in [0.3, 0.4) is 0 Å². The lowest BCUT2D eigenvalue weighted by atomic mass is 10.3. The van der Waals surface area contributed by atoms with E-state index < -0.39 is 5.91 Å². The fourth-order valence-corrected chi connectivity index (χ4v) is 0.804. The first-order chi connectivity index (χ1) is 6.08. The maximum Gasteiger partial charge on any atom is 0.225 e. The van der Waals surface area contributed by atoms with Crippen molar-refractivity contribution >= 4 is 17.8 Å². The van der Waals surface area contributed by atoms with Gasteiger partial charge in [0.05, 0.1) is 0 Å². The molecule has 1 amide bonds. The molecule has 0 saturated heterocycles. The van der Waals surface area contributed by atoms with Gasteiger partial charge in [-0.1, -0.05) is 0 Å². The molecule has 0 aliphatic heterocycles. The number of carbonyl (C=O) groups is 1. The van der Waals surface area contributed by atoms with E-state index in [-0.39, 0.29) is 18.3 Å². The molecule has 0 atom stereocenters. The second kappa shape index (κ2) is 3.65. The van der Waals surface area contributed by atoms with Crippen LogP contribution in [0.2, 0.25) is 0 Å².